The Labute approximate surface area is 122 Å². The van der Waals surface area contributed by atoms with Crippen LogP contribution in [0.2, 0.25) is 0 Å². The Bertz CT molecular complexity index is 440. The van der Waals surface area contributed by atoms with Crippen LogP contribution in [0.15, 0.2) is 18.2 Å². The molecule has 1 unspecified atom stereocenters. The highest BCUT2D eigenvalue weighted by atomic mass is 16.5. The maximum absolute atomic E-state index is 6.37. The largest absolute Gasteiger partial charge is 0.370 e. The molecule has 1 atom stereocenters. The van der Waals surface area contributed by atoms with Crippen LogP contribution in [0.1, 0.15) is 56.3 Å². The lowest BCUT2D eigenvalue weighted by molar-refractivity contribution is -0.0624. The van der Waals surface area contributed by atoms with Gasteiger partial charge in [-0.05, 0) is 44.7 Å². The second-order valence-corrected chi connectivity index (χ2v) is 6.42. The van der Waals surface area contributed by atoms with Crippen LogP contribution < -0.4 is 5.32 Å². The Morgan fingerprint density at radius 2 is 2.10 bits per heavy atom. The van der Waals surface area contributed by atoms with Crippen molar-refractivity contribution < 1.29 is 4.74 Å². The van der Waals surface area contributed by atoms with E-state index in [0.29, 0.717) is 6.10 Å². The van der Waals surface area contributed by atoms with Gasteiger partial charge in [-0.15, -0.1) is 0 Å². The molecular formula is C17H26N2O. The molecule has 2 aliphatic rings. The summed E-state index contributed by atoms with van der Waals surface area (Å²) in [5.74, 6) is 0. The third-order valence-electron chi connectivity index (χ3n) is 4.73. The average molecular weight is 274 g/mol. The zero-order valence-corrected chi connectivity index (χ0v) is 12.5. The van der Waals surface area contributed by atoms with Crippen molar-refractivity contribution in [1.29, 1.82) is 0 Å². The van der Waals surface area contributed by atoms with Crippen molar-refractivity contribution in [3.05, 3.63) is 29.6 Å². The molecule has 1 aromatic rings. The number of hydrogen-bond donors (Lipinski definition) is 1. The van der Waals surface area contributed by atoms with E-state index in [4.69, 9.17) is 4.74 Å². The van der Waals surface area contributed by atoms with E-state index in [1.54, 1.807) is 0 Å². The smallest absolute Gasteiger partial charge is 0.0708 e. The van der Waals surface area contributed by atoms with Gasteiger partial charge in [-0.2, -0.15) is 0 Å². The van der Waals surface area contributed by atoms with E-state index < -0.39 is 0 Å². The highest BCUT2D eigenvalue weighted by molar-refractivity contribution is 5.09. The monoisotopic (exact) mass is 274 g/mol. The first-order chi connectivity index (χ1) is 9.76. The van der Waals surface area contributed by atoms with Crippen molar-refractivity contribution >= 4 is 0 Å². The first-order valence-electron chi connectivity index (χ1n) is 8.07. The summed E-state index contributed by atoms with van der Waals surface area (Å²) >= 11 is 0. The molecule has 0 aromatic carbocycles. The molecule has 1 aliphatic heterocycles. The van der Waals surface area contributed by atoms with E-state index in [0.717, 1.165) is 24.5 Å². The van der Waals surface area contributed by atoms with Gasteiger partial charge in [-0.25, -0.2) is 0 Å². The van der Waals surface area contributed by atoms with Gasteiger partial charge in [0.05, 0.1) is 17.4 Å². The van der Waals surface area contributed by atoms with Gasteiger partial charge >= 0.3 is 0 Å². The summed E-state index contributed by atoms with van der Waals surface area (Å²) in [5.41, 5.74) is 2.45. The average Bonchev–Trinajstić information content (AvgIpc) is 2.83. The summed E-state index contributed by atoms with van der Waals surface area (Å²) in [5, 5.41) is 3.51. The topological polar surface area (TPSA) is 34.1 Å². The first kappa shape index (κ1) is 14.0. The second-order valence-electron chi connectivity index (χ2n) is 6.42. The standard InChI is InChI=1S/C17H26N2O/c1-14-6-5-7-15(19-14)12-18-13-16-8-11-17(20-16)9-3-2-4-10-17/h5-7,16,18H,2-4,8-13H2,1H3. The molecule has 1 N–H and O–H groups in total. The van der Waals surface area contributed by atoms with Crippen LogP contribution in [0.25, 0.3) is 0 Å². The molecule has 1 aromatic heterocycles. The number of aryl methyl sites for hydroxylation is 1. The molecule has 0 bridgehead atoms. The SMILES string of the molecule is Cc1cccc(CNCC2CCC3(CCCCC3)O2)n1. The Morgan fingerprint density at radius 1 is 1.25 bits per heavy atom. The number of aromatic nitrogens is 1. The lowest BCUT2D eigenvalue weighted by Crippen LogP contribution is -2.34. The molecule has 0 amide bonds. The highest BCUT2D eigenvalue weighted by Gasteiger charge is 2.40. The Hall–Kier alpha value is -0.930. The van der Waals surface area contributed by atoms with Crippen LogP contribution in [0, 0.1) is 6.92 Å². The maximum atomic E-state index is 6.37. The van der Waals surface area contributed by atoms with Gasteiger partial charge in [-0.3, -0.25) is 4.98 Å². The third-order valence-corrected chi connectivity index (χ3v) is 4.73. The van der Waals surface area contributed by atoms with Crippen LogP contribution >= 0.6 is 0 Å². The number of hydrogen-bond acceptors (Lipinski definition) is 3. The van der Waals surface area contributed by atoms with Gasteiger partial charge < -0.3 is 10.1 Å². The van der Waals surface area contributed by atoms with E-state index in [1.165, 1.54) is 44.9 Å². The van der Waals surface area contributed by atoms with Crippen LogP contribution in [-0.4, -0.2) is 23.2 Å². The van der Waals surface area contributed by atoms with E-state index in [-0.39, 0.29) is 5.60 Å². The molecule has 3 rings (SSSR count). The van der Waals surface area contributed by atoms with E-state index >= 15 is 0 Å². The Morgan fingerprint density at radius 3 is 2.90 bits per heavy atom. The van der Waals surface area contributed by atoms with Gasteiger partial charge in [-0.1, -0.05) is 25.3 Å². The predicted molar refractivity (Wildman–Crippen MR) is 80.6 cm³/mol. The molecule has 1 aliphatic carbocycles. The predicted octanol–water partition coefficient (Wildman–Crippen LogP) is 3.36. The minimum Gasteiger partial charge on any atom is -0.370 e. The number of nitrogens with one attached hydrogen (secondary N) is 1. The van der Waals surface area contributed by atoms with Crippen molar-refractivity contribution in [1.82, 2.24) is 10.3 Å². The van der Waals surface area contributed by atoms with Crippen LogP contribution in [0.4, 0.5) is 0 Å². The normalized spacial score (nSPS) is 25.1. The highest BCUT2D eigenvalue weighted by Crippen LogP contribution is 2.41. The Kier molecular flexibility index (Phi) is 4.37. The van der Waals surface area contributed by atoms with E-state index in [2.05, 4.69) is 22.4 Å². The first-order valence-corrected chi connectivity index (χ1v) is 8.07. The summed E-state index contributed by atoms with van der Waals surface area (Å²) in [6, 6.07) is 6.19. The molecule has 1 spiro atoms. The lowest BCUT2D eigenvalue weighted by atomic mass is 9.83. The molecule has 3 heteroatoms. The molecule has 2 heterocycles. The molecule has 1 saturated carbocycles. The summed E-state index contributed by atoms with van der Waals surface area (Å²) < 4.78 is 6.37. The van der Waals surface area contributed by atoms with Crippen molar-refractivity contribution in [3.8, 4) is 0 Å². The van der Waals surface area contributed by atoms with Crippen LogP contribution in [0.5, 0.6) is 0 Å². The third kappa shape index (κ3) is 3.39. The van der Waals surface area contributed by atoms with Crippen molar-refractivity contribution in [3.63, 3.8) is 0 Å². The fourth-order valence-corrected chi connectivity index (χ4v) is 3.66. The maximum Gasteiger partial charge on any atom is 0.0708 e. The van der Waals surface area contributed by atoms with Crippen molar-refractivity contribution in [2.24, 2.45) is 0 Å². The second kappa shape index (κ2) is 6.23. The molecule has 3 nitrogen and oxygen atoms in total. The van der Waals surface area contributed by atoms with Gasteiger partial charge in [0.25, 0.3) is 0 Å². The lowest BCUT2D eigenvalue weighted by Gasteiger charge is -2.33. The molecule has 20 heavy (non-hydrogen) atoms. The van der Waals surface area contributed by atoms with Crippen LogP contribution in [-0.2, 0) is 11.3 Å². The van der Waals surface area contributed by atoms with Gasteiger partial charge in [0.1, 0.15) is 0 Å². The number of pyridine rings is 1. The number of nitrogens with zero attached hydrogens (tertiary/aromatic N) is 1. The summed E-state index contributed by atoms with van der Waals surface area (Å²) in [7, 11) is 0. The number of ether oxygens (including phenoxy) is 1. The fourth-order valence-electron chi connectivity index (χ4n) is 3.66. The molecular weight excluding hydrogens is 248 g/mol. The number of rotatable bonds is 4. The summed E-state index contributed by atoms with van der Waals surface area (Å²) in [6.07, 6.45) is 9.55. The zero-order chi connectivity index (χ0) is 13.8. The molecule has 110 valence electrons. The van der Waals surface area contributed by atoms with Gasteiger partial charge in [0, 0.05) is 18.8 Å². The van der Waals surface area contributed by atoms with Crippen molar-refractivity contribution in [2.45, 2.75) is 70.1 Å². The minimum atomic E-state index is 0.242. The van der Waals surface area contributed by atoms with Crippen molar-refractivity contribution in [2.75, 3.05) is 6.54 Å². The summed E-state index contributed by atoms with van der Waals surface area (Å²) in [6.45, 7) is 3.84. The zero-order valence-electron chi connectivity index (χ0n) is 12.5. The Balaban J connectivity index is 1.43. The fraction of sp³-hybridized carbons (Fsp3) is 0.706. The van der Waals surface area contributed by atoms with E-state index in [1.807, 2.05) is 13.0 Å². The van der Waals surface area contributed by atoms with Gasteiger partial charge in [0.2, 0.25) is 0 Å². The summed E-state index contributed by atoms with van der Waals surface area (Å²) in [4.78, 5) is 4.52. The quantitative estimate of drug-likeness (QED) is 0.914. The van der Waals surface area contributed by atoms with E-state index in [9.17, 15) is 0 Å². The molecule has 1 saturated heterocycles. The molecule has 0 radical (unpaired) electrons. The van der Waals surface area contributed by atoms with Crippen LogP contribution in [0.3, 0.4) is 0 Å². The van der Waals surface area contributed by atoms with Gasteiger partial charge in [0.15, 0.2) is 0 Å². The minimum absolute atomic E-state index is 0.242. The molecule has 2 fully saturated rings.